The summed E-state index contributed by atoms with van der Waals surface area (Å²) in [7, 11) is 0. The number of ether oxygens (including phenoxy) is 1. The fraction of sp³-hybridized carbons (Fsp3) is 0.250. The Morgan fingerprint density at radius 3 is 2.74 bits per heavy atom. The number of nitrogens with zero attached hydrogens (tertiary/aromatic N) is 4. The van der Waals surface area contributed by atoms with Gasteiger partial charge in [-0.3, -0.25) is 0 Å². The van der Waals surface area contributed by atoms with Gasteiger partial charge in [-0.15, -0.1) is 0 Å². The molecular weight excluding hydrogens is 392 g/mol. The van der Waals surface area contributed by atoms with Crippen molar-refractivity contribution in [3.05, 3.63) is 70.8 Å². The molecule has 156 valence electrons. The van der Waals surface area contributed by atoms with E-state index in [2.05, 4.69) is 11.2 Å². The third-order valence-corrected chi connectivity index (χ3v) is 5.02. The molecule has 0 N–H and O–H groups in total. The van der Waals surface area contributed by atoms with Crippen molar-refractivity contribution in [2.75, 3.05) is 0 Å². The van der Waals surface area contributed by atoms with Crippen LogP contribution in [-0.4, -0.2) is 20.7 Å². The number of furan rings is 1. The lowest BCUT2D eigenvalue weighted by Gasteiger charge is -2.10. The Kier molecular flexibility index (Phi) is 5.30. The minimum Gasteiger partial charge on any atom is -0.466 e. The first-order valence-corrected chi connectivity index (χ1v) is 9.99. The lowest BCUT2D eigenvalue weighted by Crippen LogP contribution is -2.08. The molecule has 7 nitrogen and oxygen atoms in total. The first-order chi connectivity index (χ1) is 14.9. The standard InChI is InChI=1S/C24H22N4O3/c1-14(2)28-23-21(12-26-28)20(10-22(27-23)19-8-15(3)31-16(19)4)24(29)30-13-18-7-5-6-17(9-18)11-25/h5-10,12,14H,13H2,1-4H3. The highest BCUT2D eigenvalue weighted by molar-refractivity contribution is 6.03. The van der Waals surface area contributed by atoms with Crippen LogP contribution in [0, 0.1) is 25.2 Å². The Morgan fingerprint density at radius 2 is 2.06 bits per heavy atom. The summed E-state index contributed by atoms with van der Waals surface area (Å²) in [5, 5.41) is 14.1. The third kappa shape index (κ3) is 3.92. The summed E-state index contributed by atoms with van der Waals surface area (Å²) < 4.78 is 13.0. The number of pyridine rings is 1. The van der Waals surface area contributed by atoms with Crippen LogP contribution in [0.5, 0.6) is 0 Å². The van der Waals surface area contributed by atoms with Crippen LogP contribution in [0.4, 0.5) is 0 Å². The number of nitriles is 1. The van der Waals surface area contributed by atoms with Gasteiger partial charge in [0, 0.05) is 11.6 Å². The summed E-state index contributed by atoms with van der Waals surface area (Å²) in [5.41, 5.74) is 3.73. The van der Waals surface area contributed by atoms with E-state index in [4.69, 9.17) is 19.4 Å². The number of aryl methyl sites for hydroxylation is 2. The van der Waals surface area contributed by atoms with Gasteiger partial charge in [-0.25, -0.2) is 14.5 Å². The van der Waals surface area contributed by atoms with Crippen molar-refractivity contribution in [3.63, 3.8) is 0 Å². The molecule has 1 aromatic carbocycles. The van der Waals surface area contributed by atoms with E-state index in [0.717, 1.165) is 22.6 Å². The van der Waals surface area contributed by atoms with E-state index in [1.54, 1.807) is 35.1 Å². The van der Waals surface area contributed by atoms with Crippen molar-refractivity contribution < 1.29 is 13.9 Å². The molecule has 0 bridgehead atoms. The van der Waals surface area contributed by atoms with E-state index in [1.165, 1.54) is 0 Å². The first kappa shape index (κ1) is 20.4. The van der Waals surface area contributed by atoms with Gasteiger partial charge in [-0.1, -0.05) is 12.1 Å². The van der Waals surface area contributed by atoms with E-state index in [1.807, 2.05) is 39.8 Å². The molecule has 0 amide bonds. The van der Waals surface area contributed by atoms with E-state index in [-0.39, 0.29) is 12.6 Å². The molecule has 0 radical (unpaired) electrons. The first-order valence-electron chi connectivity index (χ1n) is 9.99. The fourth-order valence-corrected chi connectivity index (χ4v) is 3.55. The van der Waals surface area contributed by atoms with Crippen molar-refractivity contribution in [1.82, 2.24) is 14.8 Å². The highest BCUT2D eigenvalue weighted by Gasteiger charge is 2.21. The molecule has 0 saturated heterocycles. The van der Waals surface area contributed by atoms with E-state index >= 15 is 0 Å². The van der Waals surface area contributed by atoms with Gasteiger partial charge in [-0.05, 0) is 57.5 Å². The van der Waals surface area contributed by atoms with Crippen LogP contribution in [0.2, 0.25) is 0 Å². The van der Waals surface area contributed by atoms with Crippen LogP contribution in [-0.2, 0) is 11.3 Å². The number of carbonyl (C=O) groups excluding carboxylic acids is 1. The second kappa shape index (κ2) is 8.07. The van der Waals surface area contributed by atoms with Gasteiger partial charge in [0.05, 0.1) is 34.5 Å². The van der Waals surface area contributed by atoms with Gasteiger partial charge in [0.2, 0.25) is 0 Å². The Balaban J connectivity index is 1.75. The summed E-state index contributed by atoms with van der Waals surface area (Å²) in [6, 6.07) is 12.8. The Bertz CT molecular complexity index is 1320. The van der Waals surface area contributed by atoms with Crippen molar-refractivity contribution in [2.45, 2.75) is 40.3 Å². The van der Waals surface area contributed by atoms with Crippen LogP contribution < -0.4 is 0 Å². The molecule has 3 aromatic heterocycles. The van der Waals surface area contributed by atoms with E-state index < -0.39 is 5.97 Å². The minimum atomic E-state index is -0.475. The van der Waals surface area contributed by atoms with Gasteiger partial charge < -0.3 is 9.15 Å². The van der Waals surface area contributed by atoms with Gasteiger partial charge >= 0.3 is 5.97 Å². The Labute approximate surface area is 179 Å². The minimum absolute atomic E-state index is 0.0651. The summed E-state index contributed by atoms with van der Waals surface area (Å²) >= 11 is 0. The maximum Gasteiger partial charge on any atom is 0.339 e. The Morgan fingerprint density at radius 1 is 1.26 bits per heavy atom. The highest BCUT2D eigenvalue weighted by Crippen LogP contribution is 2.30. The number of esters is 1. The van der Waals surface area contributed by atoms with Gasteiger partial charge in [0.25, 0.3) is 0 Å². The molecule has 0 fully saturated rings. The molecule has 0 saturated carbocycles. The third-order valence-electron chi connectivity index (χ3n) is 5.02. The molecule has 4 rings (SSSR count). The monoisotopic (exact) mass is 414 g/mol. The van der Waals surface area contributed by atoms with Gasteiger partial charge in [0.1, 0.15) is 18.1 Å². The van der Waals surface area contributed by atoms with Crippen molar-refractivity contribution in [2.24, 2.45) is 0 Å². The van der Waals surface area contributed by atoms with E-state index in [0.29, 0.717) is 27.9 Å². The normalized spacial score (nSPS) is 11.1. The topological polar surface area (TPSA) is 93.9 Å². The molecule has 0 atom stereocenters. The highest BCUT2D eigenvalue weighted by atomic mass is 16.5. The molecule has 0 aliphatic heterocycles. The number of hydrogen-bond acceptors (Lipinski definition) is 6. The zero-order valence-corrected chi connectivity index (χ0v) is 17.8. The molecule has 0 aliphatic carbocycles. The number of carbonyl (C=O) groups is 1. The molecule has 3 heterocycles. The summed E-state index contributed by atoms with van der Waals surface area (Å²) in [5.74, 6) is 1.03. The second-order valence-corrected chi connectivity index (χ2v) is 7.69. The molecule has 0 aliphatic rings. The van der Waals surface area contributed by atoms with Crippen LogP contribution in [0.3, 0.4) is 0 Å². The number of rotatable bonds is 5. The molecule has 31 heavy (non-hydrogen) atoms. The van der Waals surface area contributed by atoms with E-state index in [9.17, 15) is 4.79 Å². The average Bonchev–Trinajstić information content (AvgIpc) is 3.33. The van der Waals surface area contributed by atoms with Crippen molar-refractivity contribution in [1.29, 1.82) is 5.26 Å². The fourth-order valence-electron chi connectivity index (χ4n) is 3.55. The zero-order chi connectivity index (χ0) is 22.1. The van der Waals surface area contributed by atoms with Crippen molar-refractivity contribution in [3.8, 4) is 17.3 Å². The molecule has 4 aromatic rings. The maximum atomic E-state index is 13.1. The Hall–Kier alpha value is -3.92. The largest absolute Gasteiger partial charge is 0.466 e. The van der Waals surface area contributed by atoms with Crippen LogP contribution in [0.1, 0.15) is 52.9 Å². The number of fused-ring (bicyclic) bond motifs is 1. The molecule has 7 heteroatoms. The van der Waals surface area contributed by atoms with Gasteiger partial charge in [-0.2, -0.15) is 10.4 Å². The molecular formula is C24H22N4O3. The number of hydrogen-bond donors (Lipinski definition) is 0. The summed E-state index contributed by atoms with van der Waals surface area (Å²) in [6.07, 6.45) is 1.65. The quantitative estimate of drug-likeness (QED) is 0.421. The lowest BCUT2D eigenvalue weighted by atomic mass is 10.1. The summed E-state index contributed by atoms with van der Waals surface area (Å²) in [4.78, 5) is 17.8. The number of aromatic nitrogens is 3. The van der Waals surface area contributed by atoms with Gasteiger partial charge in [0.15, 0.2) is 5.65 Å². The smallest absolute Gasteiger partial charge is 0.339 e. The number of benzene rings is 1. The molecule has 0 spiro atoms. The molecule has 0 unspecified atom stereocenters. The lowest BCUT2D eigenvalue weighted by molar-refractivity contribution is 0.0475. The summed E-state index contributed by atoms with van der Waals surface area (Å²) in [6.45, 7) is 7.82. The van der Waals surface area contributed by atoms with Crippen LogP contribution in [0.25, 0.3) is 22.3 Å². The predicted molar refractivity (Wildman–Crippen MR) is 115 cm³/mol. The second-order valence-electron chi connectivity index (χ2n) is 7.69. The SMILES string of the molecule is Cc1cc(-c2cc(C(=O)OCc3cccc(C#N)c3)c3cnn(C(C)C)c3n2)c(C)o1. The average molecular weight is 414 g/mol. The predicted octanol–water partition coefficient (Wildman–Crippen LogP) is 5.12. The zero-order valence-electron chi connectivity index (χ0n) is 17.8. The van der Waals surface area contributed by atoms with Crippen LogP contribution >= 0.6 is 0 Å². The van der Waals surface area contributed by atoms with Crippen LogP contribution in [0.15, 0.2) is 47.0 Å². The van der Waals surface area contributed by atoms with Crippen molar-refractivity contribution >= 4 is 17.0 Å². The maximum absolute atomic E-state index is 13.1.